The molecule has 0 N–H and O–H groups in total. The number of aryl methyl sites for hydroxylation is 1. The smallest absolute Gasteiger partial charge is 0.188 e. The molecule has 4 nitrogen and oxygen atoms in total. The van der Waals surface area contributed by atoms with Crippen LogP contribution in [0.3, 0.4) is 0 Å². The van der Waals surface area contributed by atoms with Crippen LogP contribution in [0.5, 0.6) is 5.75 Å². The highest BCUT2D eigenvalue weighted by molar-refractivity contribution is 5.44. The summed E-state index contributed by atoms with van der Waals surface area (Å²) in [7, 11) is 1.72. The monoisotopic (exact) mass is 365 g/mol. The second-order valence-electron chi connectivity index (χ2n) is 8.52. The summed E-state index contributed by atoms with van der Waals surface area (Å²) in [5.74, 6) is 1.79. The Kier molecular flexibility index (Phi) is 4.07. The molecule has 1 aromatic carbocycles. The van der Waals surface area contributed by atoms with E-state index in [1.807, 2.05) is 0 Å². The van der Waals surface area contributed by atoms with Crippen LogP contribution in [0.25, 0.3) is 0 Å². The summed E-state index contributed by atoms with van der Waals surface area (Å²) in [4.78, 5) is 0. The number of methoxy groups -OCH3 is 1. The number of benzene rings is 1. The molecule has 1 saturated carbocycles. The van der Waals surface area contributed by atoms with E-state index in [0.29, 0.717) is 31.0 Å². The normalized spacial score (nSPS) is 33.8. The minimum absolute atomic E-state index is 0.0190. The Morgan fingerprint density at radius 3 is 2.74 bits per heavy atom. The first-order valence-electron chi connectivity index (χ1n) is 10.2. The lowest BCUT2D eigenvalue weighted by atomic mass is 9.58. The van der Waals surface area contributed by atoms with Crippen molar-refractivity contribution in [2.75, 3.05) is 20.3 Å². The summed E-state index contributed by atoms with van der Waals surface area (Å²) in [5.41, 5.74) is 5.56. The Morgan fingerprint density at radius 2 is 2.00 bits per heavy atom. The molecule has 1 heterocycles. The van der Waals surface area contributed by atoms with Crippen molar-refractivity contribution >= 4 is 0 Å². The van der Waals surface area contributed by atoms with Gasteiger partial charge < -0.3 is 14.2 Å². The van der Waals surface area contributed by atoms with Gasteiger partial charge in [0.15, 0.2) is 5.79 Å². The van der Waals surface area contributed by atoms with Gasteiger partial charge in [-0.2, -0.15) is 5.26 Å². The molecule has 0 aromatic heterocycles. The lowest BCUT2D eigenvalue weighted by molar-refractivity contribution is -0.112. The van der Waals surface area contributed by atoms with E-state index in [2.05, 4.69) is 31.2 Å². The zero-order valence-corrected chi connectivity index (χ0v) is 16.2. The molecular weight excluding hydrogens is 338 g/mol. The second-order valence-corrected chi connectivity index (χ2v) is 8.52. The first-order chi connectivity index (χ1) is 13.1. The number of hydrogen-bond donors (Lipinski definition) is 0. The third kappa shape index (κ3) is 2.56. The van der Waals surface area contributed by atoms with Crippen molar-refractivity contribution in [1.29, 1.82) is 5.26 Å². The molecule has 1 aromatic rings. The number of rotatable bonds is 2. The zero-order chi connectivity index (χ0) is 18.6. The van der Waals surface area contributed by atoms with E-state index in [1.165, 1.54) is 35.1 Å². The molecule has 2 fully saturated rings. The maximum absolute atomic E-state index is 10.1. The van der Waals surface area contributed by atoms with E-state index in [4.69, 9.17) is 14.2 Å². The molecule has 0 bridgehead atoms. The summed E-state index contributed by atoms with van der Waals surface area (Å²) in [5, 5.41) is 10.1. The summed E-state index contributed by atoms with van der Waals surface area (Å²) in [6.07, 6.45) is 5.34. The van der Waals surface area contributed by atoms with Crippen molar-refractivity contribution in [3.05, 3.63) is 40.5 Å². The Hall–Kier alpha value is -1.83. The van der Waals surface area contributed by atoms with Crippen molar-refractivity contribution in [2.45, 2.75) is 50.7 Å². The van der Waals surface area contributed by atoms with Gasteiger partial charge in [-0.3, -0.25) is 0 Å². The van der Waals surface area contributed by atoms with Crippen LogP contribution >= 0.6 is 0 Å². The van der Waals surface area contributed by atoms with Crippen molar-refractivity contribution in [1.82, 2.24) is 0 Å². The molecule has 4 atom stereocenters. The lowest BCUT2D eigenvalue weighted by Gasteiger charge is -2.45. The molecule has 1 aliphatic heterocycles. The molecular formula is C23H27NO3. The Labute approximate surface area is 161 Å². The van der Waals surface area contributed by atoms with Crippen molar-refractivity contribution < 1.29 is 14.2 Å². The predicted octanol–water partition coefficient (Wildman–Crippen LogP) is 4.35. The summed E-state index contributed by atoms with van der Waals surface area (Å²) >= 11 is 0. The van der Waals surface area contributed by atoms with Gasteiger partial charge in [-0.25, -0.2) is 0 Å². The fourth-order valence-electron chi connectivity index (χ4n) is 6.24. The highest BCUT2D eigenvalue weighted by atomic mass is 16.7. The quantitative estimate of drug-likeness (QED) is 0.731. The first kappa shape index (κ1) is 17.3. The van der Waals surface area contributed by atoms with Crippen LogP contribution in [0.4, 0.5) is 0 Å². The van der Waals surface area contributed by atoms with Crippen LogP contribution in [-0.2, 0) is 15.9 Å². The Morgan fingerprint density at radius 1 is 1.19 bits per heavy atom. The lowest BCUT2D eigenvalue weighted by Crippen LogP contribution is -2.37. The highest BCUT2D eigenvalue weighted by Crippen LogP contribution is 2.58. The van der Waals surface area contributed by atoms with Gasteiger partial charge in [-0.15, -0.1) is 0 Å². The Bertz CT molecular complexity index is 831. The van der Waals surface area contributed by atoms with Gasteiger partial charge in [0.2, 0.25) is 0 Å². The average Bonchev–Trinajstić information content (AvgIpc) is 3.33. The predicted molar refractivity (Wildman–Crippen MR) is 101 cm³/mol. The van der Waals surface area contributed by atoms with Gasteiger partial charge in [0.1, 0.15) is 5.75 Å². The van der Waals surface area contributed by atoms with Gasteiger partial charge in [0.05, 0.1) is 32.3 Å². The molecule has 3 aliphatic carbocycles. The third-order valence-corrected chi connectivity index (χ3v) is 7.40. The minimum Gasteiger partial charge on any atom is -0.497 e. The van der Waals surface area contributed by atoms with Gasteiger partial charge in [0, 0.05) is 5.92 Å². The standard InChI is InChI=1S/C23H27NO3/c1-23(26-9-10-27-23)21-8-7-17-18-6-4-14-3-5-16(25-2)12-19(14)22(18)15(13-24)11-20(17)21/h3,5,12,15,17-18,22H,4,6-11H2,1-2H3/t15-,17+,18+,22+/m1/s1. The average molecular weight is 365 g/mol. The molecule has 5 rings (SSSR count). The maximum Gasteiger partial charge on any atom is 0.188 e. The molecule has 4 aliphatic rings. The molecule has 142 valence electrons. The second kappa shape index (κ2) is 6.36. The molecule has 1 saturated heterocycles. The fraction of sp³-hybridized carbons (Fsp3) is 0.609. The molecule has 0 spiro atoms. The molecule has 0 radical (unpaired) electrons. The molecule has 0 unspecified atom stereocenters. The van der Waals surface area contributed by atoms with Crippen molar-refractivity contribution in [2.24, 2.45) is 17.8 Å². The van der Waals surface area contributed by atoms with E-state index in [9.17, 15) is 5.26 Å². The van der Waals surface area contributed by atoms with Crippen molar-refractivity contribution in [3.8, 4) is 11.8 Å². The number of nitriles is 1. The summed E-state index contributed by atoms with van der Waals surface area (Å²) < 4.78 is 17.5. The topological polar surface area (TPSA) is 51.5 Å². The minimum atomic E-state index is -0.563. The highest BCUT2D eigenvalue weighted by Gasteiger charge is 2.51. The number of nitrogens with zero attached hydrogens (tertiary/aromatic N) is 1. The third-order valence-electron chi connectivity index (χ3n) is 7.40. The van der Waals surface area contributed by atoms with E-state index < -0.39 is 5.79 Å². The number of allylic oxidation sites excluding steroid dienone is 1. The first-order valence-corrected chi connectivity index (χ1v) is 10.2. The van der Waals surface area contributed by atoms with Crippen LogP contribution in [0, 0.1) is 29.1 Å². The van der Waals surface area contributed by atoms with Crippen LogP contribution in [0.15, 0.2) is 29.3 Å². The Balaban J connectivity index is 1.56. The number of fused-ring (bicyclic) bond motifs is 5. The number of hydrogen-bond acceptors (Lipinski definition) is 4. The molecule has 4 heteroatoms. The SMILES string of the molecule is COc1ccc2c(c1)[C@@H]1[C@@H](CC2)[C@@H]2CCC(C3(C)OCCO3)=C2C[C@@H]1C#N. The van der Waals surface area contributed by atoms with E-state index in [-0.39, 0.29) is 5.92 Å². The van der Waals surface area contributed by atoms with E-state index in [0.717, 1.165) is 25.0 Å². The number of ether oxygens (including phenoxy) is 3. The van der Waals surface area contributed by atoms with E-state index in [1.54, 1.807) is 7.11 Å². The van der Waals surface area contributed by atoms with Gasteiger partial charge in [-0.05, 0) is 79.7 Å². The largest absolute Gasteiger partial charge is 0.497 e. The molecule has 27 heavy (non-hydrogen) atoms. The van der Waals surface area contributed by atoms with Crippen LogP contribution < -0.4 is 4.74 Å². The maximum atomic E-state index is 10.1. The fourth-order valence-corrected chi connectivity index (χ4v) is 6.24. The summed E-state index contributed by atoms with van der Waals surface area (Å²) in [6, 6.07) is 9.10. The van der Waals surface area contributed by atoms with Gasteiger partial charge in [-0.1, -0.05) is 11.6 Å². The molecule has 0 amide bonds. The van der Waals surface area contributed by atoms with Gasteiger partial charge in [0.25, 0.3) is 0 Å². The van der Waals surface area contributed by atoms with Crippen LogP contribution in [-0.4, -0.2) is 26.1 Å². The van der Waals surface area contributed by atoms with Gasteiger partial charge >= 0.3 is 0 Å². The zero-order valence-electron chi connectivity index (χ0n) is 16.2. The van der Waals surface area contributed by atoms with Crippen molar-refractivity contribution in [3.63, 3.8) is 0 Å². The summed E-state index contributed by atoms with van der Waals surface area (Å²) in [6.45, 7) is 3.40. The van der Waals surface area contributed by atoms with Crippen LogP contribution in [0.1, 0.15) is 49.7 Å². The van der Waals surface area contributed by atoms with E-state index >= 15 is 0 Å². The van der Waals surface area contributed by atoms with Crippen LogP contribution in [0.2, 0.25) is 0 Å².